The second kappa shape index (κ2) is 5.73. The van der Waals surface area contributed by atoms with Crippen LogP contribution in [0.3, 0.4) is 0 Å². The molecule has 0 radical (unpaired) electrons. The van der Waals surface area contributed by atoms with Crippen molar-refractivity contribution in [1.29, 1.82) is 0 Å². The second-order valence-electron chi connectivity index (χ2n) is 4.10. The maximum Gasteiger partial charge on any atom is 0.422 e. The molecule has 1 N–H and O–H groups in total. The lowest BCUT2D eigenvalue weighted by Gasteiger charge is -2.17. The first-order valence-electron chi connectivity index (χ1n) is 5.67. The van der Waals surface area contributed by atoms with Crippen molar-refractivity contribution in [1.82, 2.24) is 0 Å². The molecule has 0 amide bonds. The van der Waals surface area contributed by atoms with Gasteiger partial charge in [0.1, 0.15) is 5.75 Å². The molecule has 2 nitrogen and oxygen atoms in total. The Morgan fingerprint density at radius 1 is 1.33 bits per heavy atom. The number of para-hydroxylation sites is 2. The van der Waals surface area contributed by atoms with Crippen LogP contribution in [0.5, 0.6) is 5.75 Å². The first kappa shape index (κ1) is 13.4. The summed E-state index contributed by atoms with van der Waals surface area (Å²) in [5.41, 5.74) is 0.634. The van der Waals surface area contributed by atoms with Crippen LogP contribution in [0.2, 0.25) is 0 Å². The molecule has 1 aromatic rings. The SMILES string of the molecule is FC(F)(F)COc1ccccc1NC1CCSC1. The molecule has 2 rings (SSSR count). The van der Waals surface area contributed by atoms with Gasteiger partial charge in [0.05, 0.1) is 5.69 Å². The minimum Gasteiger partial charge on any atom is -0.482 e. The van der Waals surface area contributed by atoms with Gasteiger partial charge in [0.2, 0.25) is 0 Å². The third-order valence-corrected chi connectivity index (χ3v) is 3.73. The van der Waals surface area contributed by atoms with Crippen molar-refractivity contribution in [3.05, 3.63) is 24.3 Å². The summed E-state index contributed by atoms with van der Waals surface area (Å²) in [6.45, 7) is -1.26. The van der Waals surface area contributed by atoms with Gasteiger partial charge in [-0.25, -0.2) is 0 Å². The average Bonchev–Trinajstić information content (AvgIpc) is 2.80. The lowest BCUT2D eigenvalue weighted by atomic mass is 10.2. The fourth-order valence-corrected chi connectivity index (χ4v) is 2.89. The Kier molecular flexibility index (Phi) is 4.27. The molecule has 1 heterocycles. The smallest absolute Gasteiger partial charge is 0.422 e. The van der Waals surface area contributed by atoms with Crippen LogP contribution in [0, 0.1) is 0 Å². The van der Waals surface area contributed by atoms with Crippen LogP contribution in [-0.2, 0) is 0 Å². The van der Waals surface area contributed by atoms with E-state index in [0.717, 1.165) is 17.9 Å². The molecule has 18 heavy (non-hydrogen) atoms. The molecule has 0 aromatic heterocycles. The minimum atomic E-state index is -4.31. The van der Waals surface area contributed by atoms with E-state index in [1.54, 1.807) is 24.3 Å². The van der Waals surface area contributed by atoms with Crippen molar-refractivity contribution in [3.63, 3.8) is 0 Å². The van der Waals surface area contributed by atoms with Crippen LogP contribution in [0.15, 0.2) is 24.3 Å². The van der Waals surface area contributed by atoms with Crippen LogP contribution in [-0.4, -0.2) is 30.3 Å². The average molecular weight is 277 g/mol. The quantitative estimate of drug-likeness (QED) is 0.909. The molecule has 1 saturated heterocycles. The number of nitrogens with one attached hydrogen (secondary N) is 1. The molecular weight excluding hydrogens is 263 g/mol. The molecule has 0 spiro atoms. The number of hydrogen-bond acceptors (Lipinski definition) is 3. The van der Waals surface area contributed by atoms with Crippen molar-refractivity contribution in [3.8, 4) is 5.75 Å². The summed E-state index contributed by atoms with van der Waals surface area (Å²) in [6, 6.07) is 7.06. The number of ether oxygens (including phenoxy) is 1. The van der Waals surface area contributed by atoms with E-state index < -0.39 is 12.8 Å². The van der Waals surface area contributed by atoms with Gasteiger partial charge in [0.15, 0.2) is 6.61 Å². The molecule has 1 fully saturated rings. The van der Waals surface area contributed by atoms with Gasteiger partial charge in [0, 0.05) is 11.8 Å². The van der Waals surface area contributed by atoms with Crippen LogP contribution >= 0.6 is 11.8 Å². The van der Waals surface area contributed by atoms with Crippen molar-refractivity contribution in [2.24, 2.45) is 0 Å². The Balaban J connectivity index is 2.00. The van der Waals surface area contributed by atoms with Gasteiger partial charge < -0.3 is 10.1 Å². The number of alkyl halides is 3. The largest absolute Gasteiger partial charge is 0.482 e. The van der Waals surface area contributed by atoms with Crippen molar-refractivity contribution >= 4 is 17.4 Å². The third kappa shape index (κ3) is 4.01. The van der Waals surface area contributed by atoms with E-state index in [2.05, 4.69) is 5.32 Å². The van der Waals surface area contributed by atoms with E-state index >= 15 is 0 Å². The van der Waals surface area contributed by atoms with Crippen molar-refractivity contribution in [2.45, 2.75) is 18.6 Å². The highest BCUT2D eigenvalue weighted by molar-refractivity contribution is 7.99. The summed E-state index contributed by atoms with van der Waals surface area (Å²) in [7, 11) is 0. The Morgan fingerprint density at radius 2 is 2.11 bits per heavy atom. The highest BCUT2D eigenvalue weighted by Crippen LogP contribution is 2.29. The normalized spacial score (nSPS) is 19.8. The second-order valence-corrected chi connectivity index (χ2v) is 5.25. The van der Waals surface area contributed by atoms with E-state index in [9.17, 15) is 13.2 Å². The predicted octanol–water partition coefficient (Wildman–Crippen LogP) is 3.55. The summed E-state index contributed by atoms with van der Waals surface area (Å²) in [4.78, 5) is 0. The topological polar surface area (TPSA) is 21.3 Å². The molecule has 0 aliphatic carbocycles. The summed E-state index contributed by atoms with van der Waals surface area (Å²) >= 11 is 1.84. The molecule has 1 atom stereocenters. The number of halogens is 3. The first-order valence-corrected chi connectivity index (χ1v) is 6.83. The Bertz CT molecular complexity index is 391. The van der Waals surface area contributed by atoms with Gasteiger partial charge in [0.25, 0.3) is 0 Å². The summed E-state index contributed by atoms with van der Waals surface area (Å²) < 4.78 is 41.2. The van der Waals surface area contributed by atoms with Gasteiger partial charge >= 0.3 is 6.18 Å². The molecule has 100 valence electrons. The molecule has 6 heteroatoms. The van der Waals surface area contributed by atoms with Crippen molar-refractivity contribution in [2.75, 3.05) is 23.4 Å². The standard InChI is InChI=1S/C12H14F3NOS/c13-12(14,15)8-17-11-4-2-1-3-10(11)16-9-5-6-18-7-9/h1-4,9,16H,5-8H2. The van der Waals surface area contributed by atoms with E-state index in [4.69, 9.17) is 4.74 Å². The molecule has 0 saturated carbocycles. The lowest BCUT2D eigenvalue weighted by molar-refractivity contribution is -0.153. The zero-order chi connectivity index (χ0) is 13.0. The zero-order valence-electron chi connectivity index (χ0n) is 9.67. The summed E-state index contributed by atoms with van der Waals surface area (Å²) in [5.74, 6) is 2.32. The van der Waals surface area contributed by atoms with Gasteiger partial charge in [-0.15, -0.1) is 0 Å². The number of thioether (sulfide) groups is 1. The fraction of sp³-hybridized carbons (Fsp3) is 0.500. The Labute approximate surface area is 108 Å². The highest BCUT2D eigenvalue weighted by Gasteiger charge is 2.29. The maximum absolute atomic E-state index is 12.1. The van der Waals surface area contributed by atoms with Gasteiger partial charge in [-0.2, -0.15) is 24.9 Å². The molecule has 1 aliphatic rings. The van der Waals surface area contributed by atoms with E-state index in [0.29, 0.717) is 11.7 Å². The van der Waals surface area contributed by atoms with E-state index in [-0.39, 0.29) is 5.75 Å². The summed E-state index contributed by atoms with van der Waals surface area (Å²) in [6.07, 6.45) is -3.28. The summed E-state index contributed by atoms with van der Waals surface area (Å²) in [5, 5.41) is 3.23. The van der Waals surface area contributed by atoms with E-state index in [1.165, 1.54) is 0 Å². The van der Waals surface area contributed by atoms with Crippen LogP contribution in [0.25, 0.3) is 0 Å². The number of rotatable bonds is 4. The minimum absolute atomic E-state index is 0.256. The van der Waals surface area contributed by atoms with Crippen LogP contribution < -0.4 is 10.1 Å². The maximum atomic E-state index is 12.1. The molecular formula is C12H14F3NOS. The monoisotopic (exact) mass is 277 g/mol. The van der Waals surface area contributed by atoms with Gasteiger partial charge in [-0.1, -0.05) is 12.1 Å². The lowest BCUT2D eigenvalue weighted by Crippen LogP contribution is -2.21. The fourth-order valence-electron chi connectivity index (χ4n) is 1.74. The predicted molar refractivity (Wildman–Crippen MR) is 67.3 cm³/mol. The number of anilines is 1. The molecule has 1 aromatic carbocycles. The van der Waals surface area contributed by atoms with Crippen LogP contribution in [0.1, 0.15) is 6.42 Å². The van der Waals surface area contributed by atoms with Gasteiger partial charge in [-0.3, -0.25) is 0 Å². The Hall–Kier alpha value is -1.04. The van der Waals surface area contributed by atoms with E-state index in [1.807, 2.05) is 11.8 Å². The highest BCUT2D eigenvalue weighted by atomic mass is 32.2. The Morgan fingerprint density at radius 3 is 2.78 bits per heavy atom. The number of hydrogen-bond donors (Lipinski definition) is 1. The first-order chi connectivity index (χ1) is 8.54. The molecule has 1 unspecified atom stereocenters. The van der Waals surface area contributed by atoms with Gasteiger partial charge in [-0.05, 0) is 24.3 Å². The van der Waals surface area contributed by atoms with Crippen molar-refractivity contribution < 1.29 is 17.9 Å². The zero-order valence-corrected chi connectivity index (χ0v) is 10.5. The third-order valence-electron chi connectivity index (χ3n) is 2.57. The number of benzene rings is 1. The molecule has 1 aliphatic heterocycles. The van der Waals surface area contributed by atoms with Crippen LogP contribution in [0.4, 0.5) is 18.9 Å². The molecule has 0 bridgehead atoms.